The van der Waals surface area contributed by atoms with E-state index in [1.807, 2.05) is 0 Å². The van der Waals surface area contributed by atoms with E-state index in [-0.39, 0.29) is 0 Å². The minimum Gasteiger partial charge on any atom is -0.326 e. The molecule has 0 bridgehead atoms. The molecule has 2 N–H and O–H groups in total. The van der Waals surface area contributed by atoms with Gasteiger partial charge in [-0.05, 0) is 37.1 Å². The van der Waals surface area contributed by atoms with E-state index in [1.54, 1.807) is 0 Å². The van der Waals surface area contributed by atoms with Crippen molar-refractivity contribution >= 4 is 0 Å². The van der Waals surface area contributed by atoms with Gasteiger partial charge in [0.1, 0.15) is 0 Å². The Morgan fingerprint density at radius 1 is 1.12 bits per heavy atom. The zero-order valence-corrected chi connectivity index (χ0v) is 11.0. The van der Waals surface area contributed by atoms with Crippen LogP contribution in [0.15, 0.2) is 0 Å². The summed E-state index contributed by atoms with van der Waals surface area (Å²) < 4.78 is 0. The van der Waals surface area contributed by atoms with Crippen LogP contribution in [0.1, 0.15) is 46.0 Å². The molecule has 0 aromatic carbocycles. The van der Waals surface area contributed by atoms with E-state index < -0.39 is 0 Å². The minimum atomic E-state index is 0.361. The molecule has 1 aliphatic carbocycles. The first-order chi connectivity index (χ1) is 7.66. The average molecular weight is 224 g/mol. The summed E-state index contributed by atoms with van der Waals surface area (Å²) in [6.45, 7) is 8.20. The van der Waals surface area contributed by atoms with Crippen LogP contribution in [-0.4, -0.2) is 30.6 Å². The molecule has 2 nitrogen and oxygen atoms in total. The van der Waals surface area contributed by atoms with Gasteiger partial charge >= 0.3 is 0 Å². The number of hydrogen-bond acceptors (Lipinski definition) is 2. The Morgan fingerprint density at radius 2 is 1.81 bits per heavy atom. The molecule has 2 heteroatoms. The highest BCUT2D eigenvalue weighted by Crippen LogP contribution is 2.35. The predicted molar refractivity (Wildman–Crippen MR) is 69.3 cm³/mol. The van der Waals surface area contributed by atoms with Gasteiger partial charge < -0.3 is 10.6 Å². The molecule has 0 aromatic heterocycles. The van der Waals surface area contributed by atoms with Crippen molar-refractivity contribution < 1.29 is 0 Å². The third kappa shape index (κ3) is 2.98. The number of rotatable bonds is 3. The molecule has 0 unspecified atom stereocenters. The monoisotopic (exact) mass is 224 g/mol. The number of nitrogens with zero attached hydrogens (tertiary/aromatic N) is 1. The smallest absolute Gasteiger partial charge is 0.0191 e. The molecule has 1 saturated heterocycles. The van der Waals surface area contributed by atoms with Gasteiger partial charge in [0.2, 0.25) is 0 Å². The standard InChI is InChI=1S/C14H28N2/c1-11(2)14(15)10-16-8-7-12-5-3-4-6-13(12)9-16/h11-14H,3-10,15H2,1-2H3/t12-,13+,14-/m0/s1. The SMILES string of the molecule is CC(C)[C@@H](N)CN1CC[C@@H]2CCCC[C@@H]2C1. The molecule has 1 aliphatic heterocycles. The van der Waals surface area contributed by atoms with Crippen LogP contribution < -0.4 is 5.73 Å². The van der Waals surface area contributed by atoms with E-state index in [1.165, 1.54) is 45.2 Å². The highest BCUT2D eigenvalue weighted by atomic mass is 15.1. The summed E-state index contributed by atoms with van der Waals surface area (Å²) in [4.78, 5) is 2.62. The molecule has 2 aliphatic rings. The average Bonchev–Trinajstić information content (AvgIpc) is 2.28. The number of nitrogens with two attached hydrogens (primary N) is 1. The molecule has 0 radical (unpaired) electrons. The Balaban J connectivity index is 1.80. The number of hydrogen-bond donors (Lipinski definition) is 1. The van der Waals surface area contributed by atoms with Gasteiger partial charge in [0.15, 0.2) is 0 Å². The topological polar surface area (TPSA) is 29.3 Å². The van der Waals surface area contributed by atoms with E-state index in [4.69, 9.17) is 5.73 Å². The largest absolute Gasteiger partial charge is 0.326 e. The van der Waals surface area contributed by atoms with Crippen LogP contribution in [0.4, 0.5) is 0 Å². The predicted octanol–water partition coefficient (Wildman–Crippen LogP) is 2.48. The molecule has 1 heterocycles. The van der Waals surface area contributed by atoms with Crippen LogP contribution in [0.2, 0.25) is 0 Å². The van der Waals surface area contributed by atoms with E-state index in [2.05, 4.69) is 18.7 Å². The molecular formula is C14H28N2. The van der Waals surface area contributed by atoms with Gasteiger partial charge in [-0.3, -0.25) is 0 Å². The van der Waals surface area contributed by atoms with Gasteiger partial charge in [0, 0.05) is 19.1 Å². The second-order valence-electron chi connectivity index (χ2n) is 6.26. The Bertz CT molecular complexity index is 215. The Hall–Kier alpha value is -0.0800. The van der Waals surface area contributed by atoms with E-state index >= 15 is 0 Å². The molecular weight excluding hydrogens is 196 g/mol. The fourth-order valence-corrected chi connectivity index (χ4v) is 3.35. The summed E-state index contributed by atoms with van der Waals surface area (Å²) in [5.41, 5.74) is 6.17. The fraction of sp³-hybridized carbons (Fsp3) is 1.00. The first-order valence-electron chi connectivity index (χ1n) is 7.14. The second-order valence-corrected chi connectivity index (χ2v) is 6.26. The number of fused-ring (bicyclic) bond motifs is 1. The highest BCUT2D eigenvalue weighted by Gasteiger charge is 2.31. The quantitative estimate of drug-likeness (QED) is 0.798. The number of piperidine rings is 1. The van der Waals surface area contributed by atoms with Crippen LogP contribution in [0, 0.1) is 17.8 Å². The molecule has 0 amide bonds. The summed E-state index contributed by atoms with van der Waals surface area (Å²) >= 11 is 0. The molecule has 2 fully saturated rings. The van der Waals surface area contributed by atoms with Gasteiger partial charge in [0.25, 0.3) is 0 Å². The third-order valence-electron chi connectivity index (χ3n) is 4.70. The maximum absolute atomic E-state index is 6.17. The van der Waals surface area contributed by atoms with Crippen LogP contribution in [-0.2, 0) is 0 Å². The Kier molecular flexibility index (Phi) is 4.26. The van der Waals surface area contributed by atoms with Gasteiger partial charge in [-0.15, -0.1) is 0 Å². The lowest BCUT2D eigenvalue weighted by Crippen LogP contribution is -2.47. The lowest BCUT2D eigenvalue weighted by Gasteiger charge is -2.42. The van der Waals surface area contributed by atoms with Crippen molar-refractivity contribution in [3.05, 3.63) is 0 Å². The number of likely N-dealkylation sites (tertiary alicyclic amines) is 1. The first-order valence-corrected chi connectivity index (χ1v) is 7.14. The van der Waals surface area contributed by atoms with Gasteiger partial charge in [-0.25, -0.2) is 0 Å². The minimum absolute atomic E-state index is 0.361. The summed E-state index contributed by atoms with van der Waals surface area (Å²) in [6.07, 6.45) is 7.33. The molecule has 1 saturated carbocycles. The van der Waals surface area contributed by atoms with Crippen molar-refractivity contribution in [3.63, 3.8) is 0 Å². The second kappa shape index (κ2) is 5.50. The van der Waals surface area contributed by atoms with Crippen molar-refractivity contribution in [3.8, 4) is 0 Å². The lowest BCUT2D eigenvalue weighted by atomic mass is 9.75. The summed E-state index contributed by atoms with van der Waals surface area (Å²) in [5, 5.41) is 0. The maximum atomic E-state index is 6.17. The highest BCUT2D eigenvalue weighted by molar-refractivity contribution is 4.85. The van der Waals surface area contributed by atoms with E-state index in [0.29, 0.717) is 12.0 Å². The molecule has 16 heavy (non-hydrogen) atoms. The van der Waals surface area contributed by atoms with Crippen molar-refractivity contribution in [1.82, 2.24) is 4.90 Å². The van der Waals surface area contributed by atoms with Crippen molar-refractivity contribution in [2.75, 3.05) is 19.6 Å². The van der Waals surface area contributed by atoms with Crippen molar-refractivity contribution in [1.29, 1.82) is 0 Å². The Labute approximate surface area is 101 Å². The summed E-state index contributed by atoms with van der Waals surface area (Å²) in [7, 11) is 0. The Morgan fingerprint density at radius 3 is 2.50 bits per heavy atom. The third-order valence-corrected chi connectivity index (χ3v) is 4.70. The van der Waals surface area contributed by atoms with Crippen LogP contribution in [0.25, 0.3) is 0 Å². The zero-order chi connectivity index (χ0) is 11.5. The summed E-state index contributed by atoms with van der Waals surface area (Å²) in [5.74, 6) is 2.64. The van der Waals surface area contributed by atoms with Gasteiger partial charge in [-0.2, -0.15) is 0 Å². The summed E-state index contributed by atoms with van der Waals surface area (Å²) in [6, 6.07) is 0.361. The van der Waals surface area contributed by atoms with Crippen molar-refractivity contribution in [2.45, 2.75) is 52.0 Å². The molecule has 3 atom stereocenters. The maximum Gasteiger partial charge on any atom is 0.0191 e. The molecule has 2 rings (SSSR count). The molecule has 0 aromatic rings. The van der Waals surface area contributed by atoms with Crippen LogP contribution in [0.5, 0.6) is 0 Å². The van der Waals surface area contributed by atoms with Crippen LogP contribution in [0.3, 0.4) is 0 Å². The first kappa shape index (κ1) is 12.4. The molecule has 0 spiro atoms. The van der Waals surface area contributed by atoms with E-state index in [9.17, 15) is 0 Å². The van der Waals surface area contributed by atoms with Gasteiger partial charge in [-0.1, -0.05) is 33.1 Å². The molecule has 94 valence electrons. The van der Waals surface area contributed by atoms with E-state index in [0.717, 1.165) is 18.4 Å². The fourth-order valence-electron chi connectivity index (χ4n) is 3.35. The lowest BCUT2D eigenvalue weighted by molar-refractivity contribution is 0.0794. The normalized spacial score (nSPS) is 33.8. The van der Waals surface area contributed by atoms with Crippen LogP contribution >= 0.6 is 0 Å². The van der Waals surface area contributed by atoms with Gasteiger partial charge in [0.05, 0.1) is 0 Å². The van der Waals surface area contributed by atoms with Crippen molar-refractivity contribution in [2.24, 2.45) is 23.5 Å². The zero-order valence-electron chi connectivity index (χ0n) is 11.0.